The van der Waals surface area contributed by atoms with Crippen LogP contribution in [-0.4, -0.2) is 42.2 Å². The molecule has 0 bridgehead atoms. The van der Waals surface area contributed by atoms with Crippen LogP contribution in [0.5, 0.6) is 17.2 Å². The van der Waals surface area contributed by atoms with Gasteiger partial charge in [-0.3, -0.25) is 4.79 Å². The lowest BCUT2D eigenvalue weighted by Crippen LogP contribution is -2.41. The van der Waals surface area contributed by atoms with E-state index in [0.717, 1.165) is 5.56 Å². The van der Waals surface area contributed by atoms with Gasteiger partial charge in [-0.05, 0) is 52.7 Å². The van der Waals surface area contributed by atoms with Crippen molar-refractivity contribution >= 4 is 21.8 Å². The Kier molecular flexibility index (Phi) is 4.66. The van der Waals surface area contributed by atoms with Gasteiger partial charge in [-0.15, -0.1) is 0 Å². The molecule has 0 unspecified atom stereocenters. The number of nitrogens with zero attached hydrogens (tertiary/aromatic N) is 1. The number of ether oxygens (including phenoxy) is 2. The summed E-state index contributed by atoms with van der Waals surface area (Å²) in [5.74, 6) is 1.07. The quantitative estimate of drug-likeness (QED) is 0.870. The third kappa shape index (κ3) is 3.33. The predicted octanol–water partition coefficient (Wildman–Crippen LogP) is 3.38. The van der Waals surface area contributed by atoms with Gasteiger partial charge in [0.2, 0.25) is 0 Å². The highest BCUT2D eigenvalue weighted by Gasteiger charge is 2.25. The molecule has 6 heteroatoms. The molecular formula is C18H18BrNO4. The number of hydrogen-bond acceptors (Lipinski definition) is 4. The molecule has 2 aromatic carbocycles. The largest absolute Gasteiger partial charge is 0.506 e. The van der Waals surface area contributed by atoms with Crippen molar-refractivity contribution in [1.29, 1.82) is 0 Å². The minimum atomic E-state index is -0.264. The fourth-order valence-corrected chi connectivity index (χ4v) is 3.22. The molecule has 5 nitrogen and oxygen atoms in total. The first-order chi connectivity index (χ1) is 11.5. The standard InChI is InChI=1S/C18H18BrNO4/c1-11-7-13(17(21)14(19)8-11)18(22)20(2)9-12-10-23-15-5-3-4-6-16(15)24-12/h3-8,12,21H,9-10H2,1-2H3/t12-/m0/s1. The van der Waals surface area contributed by atoms with E-state index in [2.05, 4.69) is 15.9 Å². The van der Waals surface area contributed by atoms with Gasteiger partial charge < -0.3 is 19.5 Å². The van der Waals surface area contributed by atoms with Crippen LogP contribution in [0, 0.1) is 6.92 Å². The second-order valence-electron chi connectivity index (χ2n) is 5.83. The summed E-state index contributed by atoms with van der Waals surface area (Å²) < 4.78 is 12.0. The van der Waals surface area contributed by atoms with Crippen molar-refractivity contribution in [3.63, 3.8) is 0 Å². The Morgan fingerprint density at radius 1 is 1.33 bits per heavy atom. The van der Waals surface area contributed by atoms with E-state index in [1.165, 1.54) is 4.90 Å². The summed E-state index contributed by atoms with van der Waals surface area (Å²) in [5.41, 5.74) is 1.16. The maximum absolute atomic E-state index is 12.6. The molecule has 0 radical (unpaired) electrons. The van der Waals surface area contributed by atoms with Crippen LogP contribution in [0.4, 0.5) is 0 Å². The molecule has 0 saturated heterocycles. The Balaban J connectivity index is 1.72. The van der Waals surface area contributed by atoms with Crippen molar-refractivity contribution in [3.8, 4) is 17.2 Å². The number of phenols is 1. The smallest absolute Gasteiger partial charge is 0.257 e. The highest BCUT2D eigenvalue weighted by molar-refractivity contribution is 9.10. The number of fused-ring (bicyclic) bond motifs is 1. The predicted molar refractivity (Wildman–Crippen MR) is 93.9 cm³/mol. The van der Waals surface area contributed by atoms with E-state index in [9.17, 15) is 9.90 Å². The summed E-state index contributed by atoms with van der Waals surface area (Å²) in [5, 5.41) is 10.1. The summed E-state index contributed by atoms with van der Waals surface area (Å²) in [6.07, 6.45) is -0.260. The zero-order valence-corrected chi connectivity index (χ0v) is 15.0. The van der Waals surface area contributed by atoms with E-state index in [1.54, 1.807) is 19.2 Å². The van der Waals surface area contributed by atoms with E-state index in [-0.39, 0.29) is 23.3 Å². The number of halogens is 1. The lowest BCUT2D eigenvalue weighted by molar-refractivity contribution is 0.0519. The highest BCUT2D eigenvalue weighted by atomic mass is 79.9. The van der Waals surface area contributed by atoms with Crippen molar-refractivity contribution in [2.75, 3.05) is 20.2 Å². The fraction of sp³-hybridized carbons (Fsp3) is 0.278. The molecule has 0 fully saturated rings. The van der Waals surface area contributed by atoms with Crippen LogP contribution in [0.15, 0.2) is 40.9 Å². The molecule has 0 spiro atoms. The van der Waals surface area contributed by atoms with Crippen LogP contribution in [0.2, 0.25) is 0 Å². The molecule has 1 N–H and O–H groups in total. The number of aryl methyl sites for hydroxylation is 1. The van der Waals surface area contributed by atoms with Gasteiger partial charge in [0.1, 0.15) is 12.4 Å². The average molecular weight is 392 g/mol. The van der Waals surface area contributed by atoms with Gasteiger partial charge in [0.25, 0.3) is 5.91 Å². The molecule has 3 rings (SSSR count). The lowest BCUT2D eigenvalue weighted by atomic mass is 10.1. The molecule has 0 aliphatic carbocycles. The summed E-state index contributed by atoms with van der Waals surface area (Å²) in [4.78, 5) is 14.2. The molecule has 1 aliphatic heterocycles. The maximum atomic E-state index is 12.6. The van der Waals surface area contributed by atoms with Crippen molar-refractivity contribution in [2.45, 2.75) is 13.0 Å². The van der Waals surface area contributed by atoms with E-state index in [0.29, 0.717) is 29.1 Å². The zero-order chi connectivity index (χ0) is 17.3. The van der Waals surface area contributed by atoms with Gasteiger partial charge in [0.05, 0.1) is 16.6 Å². The van der Waals surface area contributed by atoms with Crippen LogP contribution in [-0.2, 0) is 0 Å². The fourth-order valence-electron chi connectivity index (χ4n) is 2.64. The second kappa shape index (κ2) is 6.73. The monoisotopic (exact) mass is 391 g/mol. The molecule has 1 amide bonds. The summed E-state index contributed by atoms with van der Waals surface area (Å²) in [6, 6.07) is 10.9. The molecule has 1 atom stereocenters. The van der Waals surface area contributed by atoms with E-state index >= 15 is 0 Å². The Bertz CT molecular complexity index is 778. The molecule has 24 heavy (non-hydrogen) atoms. The van der Waals surface area contributed by atoms with Crippen LogP contribution >= 0.6 is 15.9 Å². The van der Waals surface area contributed by atoms with Gasteiger partial charge in [-0.1, -0.05) is 12.1 Å². The minimum absolute atomic E-state index is 0.0522. The van der Waals surface area contributed by atoms with Gasteiger partial charge in [0, 0.05) is 7.05 Å². The van der Waals surface area contributed by atoms with Crippen molar-refractivity contribution in [3.05, 3.63) is 52.0 Å². The van der Waals surface area contributed by atoms with Gasteiger partial charge in [-0.25, -0.2) is 0 Å². The first kappa shape index (κ1) is 16.6. The molecule has 2 aromatic rings. The number of hydrogen-bond donors (Lipinski definition) is 1. The maximum Gasteiger partial charge on any atom is 0.257 e. The highest BCUT2D eigenvalue weighted by Crippen LogP contribution is 2.32. The number of aromatic hydroxyl groups is 1. The van der Waals surface area contributed by atoms with E-state index < -0.39 is 0 Å². The third-order valence-corrected chi connectivity index (χ3v) is 4.43. The Morgan fingerprint density at radius 3 is 2.79 bits per heavy atom. The lowest BCUT2D eigenvalue weighted by Gasteiger charge is -2.29. The number of carbonyl (C=O) groups excluding carboxylic acids is 1. The van der Waals surface area contributed by atoms with E-state index in [4.69, 9.17) is 9.47 Å². The van der Waals surface area contributed by atoms with Crippen LogP contribution in [0.25, 0.3) is 0 Å². The molecule has 0 saturated carbocycles. The van der Waals surface area contributed by atoms with Crippen LogP contribution in [0.3, 0.4) is 0 Å². The molecule has 1 heterocycles. The van der Waals surface area contributed by atoms with Gasteiger partial charge >= 0.3 is 0 Å². The number of likely N-dealkylation sites (N-methyl/N-ethyl adjacent to an activating group) is 1. The summed E-state index contributed by atoms with van der Waals surface area (Å²) >= 11 is 3.27. The molecule has 1 aliphatic rings. The van der Waals surface area contributed by atoms with Crippen LogP contribution in [0.1, 0.15) is 15.9 Å². The van der Waals surface area contributed by atoms with Crippen LogP contribution < -0.4 is 9.47 Å². The number of benzene rings is 2. The van der Waals surface area contributed by atoms with Gasteiger partial charge in [-0.2, -0.15) is 0 Å². The van der Waals surface area contributed by atoms with Gasteiger partial charge in [0.15, 0.2) is 17.6 Å². The zero-order valence-electron chi connectivity index (χ0n) is 13.5. The molecular weight excluding hydrogens is 374 g/mol. The number of rotatable bonds is 3. The summed E-state index contributed by atoms with van der Waals surface area (Å²) in [6.45, 7) is 2.60. The number of para-hydroxylation sites is 2. The summed E-state index contributed by atoms with van der Waals surface area (Å²) in [7, 11) is 1.68. The Hall–Kier alpha value is -2.21. The van der Waals surface area contributed by atoms with Crippen molar-refractivity contribution in [1.82, 2.24) is 4.90 Å². The topological polar surface area (TPSA) is 59.0 Å². The number of carbonyl (C=O) groups is 1. The third-order valence-electron chi connectivity index (χ3n) is 3.83. The first-order valence-electron chi connectivity index (χ1n) is 7.58. The number of amides is 1. The first-order valence-corrected chi connectivity index (χ1v) is 8.38. The molecule has 126 valence electrons. The molecule has 0 aromatic heterocycles. The van der Waals surface area contributed by atoms with Crippen molar-refractivity contribution in [2.24, 2.45) is 0 Å². The van der Waals surface area contributed by atoms with Crippen molar-refractivity contribution < 1.29 is 19.4 Å². The normalized spacial score (nSPS) is 15.9. The minimum Gasteiger partial charge on any atom is -0.506 e. The SMILES string of the molecule is Cc1cc(Br)c(O)c(C(=O)N(C)C[C@H]2COc3ccccc3O2)c1. The van der Waals surface area contributed by atoms with E-state index in [1.807, 2.05) is 31.2 Å². The average Bonchev–Trinajstić information content (AvgIpc) is 2.57. The Morgan fingerprint density at radius 2 is 2.04 bits per heavy atom. The second-order valence-corrected chi connectivity index (χ2v) is 6.68. The number of phenolic OH excluding ortho intramolecular Hbond substituents is 1. The Labute approximate surface area is 148 Å².